The SMILES string of the molecule is COc1ccc(C(C#N)CC(=O)c2ccccc2)cc1OC. The number of rotatable bonds is 6. The smallest absolute Gasteiger partial charge is 0.164 e. The molecule has 0 fully saturated rings. The molecule has 0 N–H and O–H groups in total. The van der Waals surface area contributed by atoms with Gasteiger partial charge in [0.25, 0.3) is 0 Å². The van der Waals surface area contributed by atoms with Crippen LogP contribution in [0.4, 0.5) is 0 Å². The van der Waals surface area contributed by atoms with Crippen LogP contribution in [0.5, 0.6) is 11.5 Å². The van der Waals surface area contributed by atoms with Gasteiger partial charge in [0.05, 0.1) is 26.2 Å². The minimum atomic E-state index is -0.521. The molecule has 0 radical (unpaired) electrons. The molecule has 0 spiro atoms. The Balaban J connectivity index is 2.22. The van der Waals surface area contributed by atoms with Gasteiger partial charge in [-0.1, -0.05) is 36.4 Å². The van der Waals surface area contributed by atoms with E-state index in [1.165, 1.54) is 7.11 Å². The summed E-state index contributed by atoms with van der Waals surface area (Å²) in [5.41, 5.74) is 1.35. The summed E-state index contributed by atoms with van der Waals surface area (Å²) in [5, 5.41) is 9.39. The fourth-order valence-corrected chi connectivity index (χ4v) is 2.23. The molecule has 0 aliphatic heterocycles. The average Bonchev–Trinajstić information content (AvgIpc) is 2.59. The Morgan fingerprint density at radius 3 is 2.36 bits per heavy atom. The Hall–Kier alpha value is -2.80. The van der Waals surface area contributed by atoms with E-state index in [1.807, 2.05) is 18.2 Å². The van der Waals surface area contributed by atoms with Gasteiger partial charge in [-0.3, -0.25) is 4.79 Å². The second-order valence-corrected chi connectivity index (χ2v) is 4.79. The molecule has 0 aliphatic rings. The van der Waals surface area contributed by atoms with Crippen molar-refractivity contribution in [1.29, 1.82) is 5.26 Å². The number of carbonyl (C=O) groups is 1. The predicted octanol–water partition coefficient (Wildman–Crippen LogP) is 3.58. The summed E-state index contributed by atoms with van der Waals surface area (Å²) < 4.78 is 10.4. The number of nitriles is 1. The Labute approximate surface area is 129 Å². The molecule has 112 valence electrons. The van der Waals surface area contributed by atoms with Crippen LogP contribution in [0, 0.1) is 11.3 Å². The second kappa shape index (κ2) is 7.28. The fraction of sp³-hybridized carbons (Fsp3) is 0.222. The minimum absolute atomic E-state index is 0.0538. The van der Waals surface area contributed by atoms with Crippen molar-refractivity contribution in [2.45, 2.75) is 12.3 Å². The Morgan fingerprint density at radius 1 is 1.09 bits per heavy atom. The number of hydrogen-bond donors (Lipinski definition) is 0. The van der Waals surface area contributed by atoms with Crippen molar-refractivity contribution >= 4 is 5.78 Å². The molecule has 2 aromatic rings. The molecular weight excluding hydrogens is 278 g/mol. The van der Waals surface area contributed by atoms with Gasteiger partial charge in [0.1, 0.15) is 0 Å². The third-order valence-electron chi connectivity index (χ3n) is 3.45. The number of nitrogens with zero attached hydrogens (tertiary/aromatic N) is 1. The number of ketones is 1. The first-order valence-electron chi connectivity index (χ1n) is 6.89. The van der Waals surface area contributed by atoms with E-state index in [4.69, 9.17) is 9.47 Å². The van der Waals surface area contributed by atoms with Gasteiger partial charge in [-0.2, -0.15) is 5.26 Å². The maximum absolute atomic E-state index is 12.3. The minimum Gasteiger partial charge on any atom is -0.493 e. The quantitative estimate of drug-likeness (QED) is 0.764. The zero-order chi connectivity index (χ0) is 15.9. The predicted molar refractivity (Wildman–Crippen MR) is 83.3 cm³/mol. The number of methoxy groups -OCH3 is 2. The van der Waals surface area contributed by atoms with Crippen LogP contribution in [0.15, 0.2) is 48.5 Å². The van der Waals surface area contributed by atoms with Gasteiger partial charge < -0.3 is 9.47 Å². The molecule has 2 aromatic carbocycles. The lowest BCUT2D eigenvalue weighted by Crippen LogP contribution is -2.06. The molecule has 1 atom stereocenters. The Morgan fingerprint density at radius 2 is 1.77 bits per heavy atom. The van der Waals surface area contributed by atoms with Crippen molar-refractivity contribution in [2.75, 3.05) is 14.2 Å². The number of Topliss-reactive ketones (excluding diaryl/α,β-unsaturated/α-hetero) is 1. The van der Waals surface area contributed by atoms with Crippen LogP contribution in [-0.2, 0) is 0 Å². The van der Waals surface area contributed by atoms with Gasteiger partial charge in [-0.25, -0.2) is 0 Å². The summed E-state index contributed by atoms with van der Waals surface area (Å²) in [6.45, 7) is 0. The molecule has 4 nitrogen and oxygen atoms in total. The first-order chi connectivity index (χ1) is 10.7. The maximum atomic E-state index is 12.3. The average molecular weight is 295 g/mol. The van der Waals surface area contributed by atoms with E-state index in [2.05, 4.69) is 6.07 Å². The topological polar surface area (TPSA) is 59.3 Å². The van der Waals surface area contributed by atoms with Crippen LogP contribution in [0.1, 0.15) is 28.3 Å². The highest BCUT2D eigenvalue weighted by Gasteiger charge is 2.18. The van der Waals surface area contributed by atoms with Crippen molar-refractivity contribution in [3.05, 3.63) is 59.7 Å². The highest BCUT2D eigenvalue weighted by Crippen LogP contribution is 2.32. The third kappa shape index (κ3) is 3.44. The normalized spacial score (nSPS) is 11.3. The fourth-order valence-electron chi connectivity index (χ4n) is 2.23. The van der Waals surface area contributed by atoms with Crippen LogP contribution >= 0.6 is 0 Å². The van der Waals surface area contributed by atoms with Gasteiger partial charge in [0.15, 0.2) is 17.3 Å². The first kappa shape index (κ1) is 15.6. The summed E-state index contributed by atoms with van der Waals surface area (Å²) in [7, 11) is 3.09. The summed E-state index contributed by atoms with van der Waals surface area (Å²) in [6, 6.07) is 16.4. The molecule has 0 aromatic heterocycles. The van der Waals surface area contributed by atoms with Gasteiger partial charge in [-0.05, 0) is 17.7 Å². The summed E-state index contributed by atoms with van der Waals surface area (Å²) in [6.07, 6.45) is 0.135. The van der Waals surface area contributed by atoms with Crippen molar-refractivity contribution in [2.24, 2.45) is 0 Å². The van der Waals surface area contributed by atoms with E-state index in [1.54, 1.807) is 37.4 Å². The molecule has 0 bridgehead atoms. The molecular formula is C18H17NO3. The largest absolute Gasteiger partial charge is 0.493 e. The first-order valence-corrected chi connectivity index (χ1v) is 6.89. The molecule has 2 rings (SSSR count). The molecule has 0 amide bonds. The molecule has 0 saturated carbocycles. The molecule has 0 saturated heterocycles. The summed E-state index contributed by atoms with van der Waals surface area (Å²) in [5.74, 6) is 0.569. The van der Waals surface area contributed by atoms with Crippen LogP contribution in [0.25, 0.3) is 0 Å². The lowest BCUT2D eigenvalue weighted by Gasteiger charge is -2.13. The standard InChI is InChI=1S/C18H17NO3/c1-21-17-9-8-14(11-18(17)22-2)15(12-19)10-16(20)13-6-4-3-5-7-13/h3-9,11,15H,10H2,1-2H3. The monoisotopic (exact) mass is 295 g/mol. The van der Waals surface area contributed by atoms with Crippen LogP contribution in [0.3, 0.4) is 0 Å². The number of ether oxygens (including phenoxy) is 2. The molecule has 22 heavy (non-hydrogen) atoms. The summed E-state index contributed by atoms with van der Waals surface area (Å²) in [4.78, 5) is 12.3. The van der Waals surface area contributed by atoms with Crippen LogP contribution in [-0.4, -0.2) is 20.0 Å². The van der Waals surface area contributed by atoms with Crippen LogP contribution < -0.4 is 9.47 Å². The Bertz CT molecular complexity index is 689. The van der Waals surface area contributed by atoms with E-state index in [9.17, 15) is 10.1 Å². The molecule has 4 heteroatoms. The van der Waals surface area contributed by atoms with E-state index in [-0.39, 0.29) is 12.2 Å². The lowest BCUT2D eigenvalue weighted by atomic mass is 9.92. The van der Waals surface area contributed by atoms with E-state index in [0.717, 1.165) is 5.56 Å². The summed E-state index contributed by atoms with van der Waals surface area (Å²) >= 11 is 0. The van der Waals surface area contributed by atoms with Crippen molar-refractivity contribution in [3.63, 3.8) is 0 Å². The van der Waals surface area contributed by atoms with E-state index < -0.39 is 5.92 Å². The molecule has 1 unspecified atom stereocenters. The number of benzene rings is 2. The second-order valence-electron chi connectivity index (χ2n) is 4.79. The third-order valence-corrected chi connectivity index (χ3v) is 3.45. The maximum Gasteiger partial charge on any atom is 0.164 e. The zero-order valence-corrected chi connectivity index (χ0v) is 12.6. The molecule has 0 aliphatic carbocycles. The van der Waals surface area contributed by atoms with Crippen molar-refractivity contribution in [1.82, 2.24) is 0 Å². The highest BCUT2D eigenvalue weighted by molar-refractivity contribution is 5.96. The van der Waals surface area contributed by atoms with Crippen molar-refractivity contribution < 1.29 is 14.3 Å². The number of hydrogen-bond acceptors (Lipinski definition) is 4. The van der Waals surface area contributed by atoms with Gasteiger partial charge >= 0.3 is 0 Å². The Kier molecular flexibility index (Phi) is 5.16. The highest BCUT2D eigenvalue weighted by atomic mass is 16.5. The number of carbonyl (C=O) groups excluding carboxylic acids is 1. The van der Waals surface area contributed by atoms with E-state index >= 15 is 0 Å². The zero-order valence-electron chi connectivity index (χ0n) is 12.6. The van der Waals surface area contributed by atoms with Crippen molar-refractivity contribution in [3.8, 4) is 17.6 Å². The van der Waals surface area contributed by atoms with Crippen LogP contribution in [0.2, 0.25) is 0 Å². The van der Waals surface area contributed by atoms with Gasteiger partial charge in [0.2, 0.25) is 0 Å². The van der Waals surface area contributed by atoms with Gasteiger partial charge in [-0.15, -0.1) is 0 Å². The van der Waals surface area contributed by atoms with E-state index in [0.29, 0.717) is 17.1 Å². The van der Waals surface area contributed by atoms with Gasteiger partial charge in [0, 0.05) is 12.0 Å². The molecule has 0 heterocycles. The lowest BCUT2D eigenvalue weighted by molar-refractivity contribution is 0.0979.